The lowest BCUT2D eigenvalue weighted by Crippen LogP contribution is -2.37. The van der Waals surface area contributed by atoms with E-state index in [9.17, 15) is 4.79 Å². The van der Waals surface area contributed by atoms with Gasteiger partial charge in [-0.1, -0.05) is 29.5 Å². The minimum atomic E-state index is 0.0956. The number of aromatic nitrogens is 1. The predicted molar refractivity (Wildman–Crippen MR) is 117 cm³/mol. The zero-order valence-electron chi connectivity index (χ0n) is 16.2. The van der Waals surface area contributed by atoms with E-state index in [1.807, 2.05) is 49.3 Å². The molecule has 0 spiro atoms. The van der Waals surface area contributed by atoms with Crippen molar-refractivity contribution in [3.63, 3.8) is 0 Å². The topological polar surface area (TPSA) is 36.4 Å². The van der Waals surface area contributed by atoms with E-state index in [2.05, 4.69) is 30.9 Å². The van der Waals surface area contributed by atoms with E-state index in [0.29, 0.717) is 12.3 Å². The Hall–Kier alpha value is -1.89. The Bertz CT molecular complexity index is 883. The van der Waals surface area contributed by atoms with Gasteiger partial charge in [0.05, 0.1) is 16.0 Å². The van der Waals surface area contributed by atoms with Gasteiger partial charge in [0.2, 0.25) is 5.91 Å². The van der Waals surface area contributed by atoms with Crippen molar-refractivity contribution in [2.45, 2.75) is 18.7 Å². The summed E-state index contributed by atoms with van der Waals surface area (Å²) < 4.78 is 1.13. The molecule has 142 valence electrons. The highest BCUT2D eigenvalue weighted by Crippen LogP contribution is 2.31. The van der Waals surface area contributed by atoms with Gasteiger partial charge in [-0.25, -0.2) is 4.98 Å². The van der Waals surface area contributed by atoms with Crippen LogP contribution >= 0.6 is 23.1 Å². The van der Waals surface area contributed by atoms with Gasteiger partial charge in [-0.15, -0.1) is 11.8 Å². The van der Waals surface area contributed by atoms with Crippen LogP contribution in [-0.4, -0.2) is 48.7 Å². The number of carbonyl (C=O) groups excluding carboxylic acids is 1. The number of fused-ring (bicyclic) bond motifs is 1. The summed E-state index contributed by atoms with van der Waals surface area (Å²) in [5.74, 6) is 0.504. The quantitative estimate of drug-likeness (QED) is 0.544. The molecule has 4 nitrogen and oxygen atoms in total. The van der Waals surface area contributed by atoms with Crippen LogP contribution in [0.4, 0.5) is 5.13 Å². The van der Waals surface area contributed by atoms with Crippen LogP contribution in [-0.2, 0) is 4.79 Å². The molecule has 3 aromatic rings. The van der Waals surface area contributed by atoms with Crippen molar-refractivity contribution >= 4 is 44.4 Å². The molecule has 6 heteroatoms. The molecule has 0 aliphatic carbocycles. The number of carbonyl (C=O) groups is 1. The molecule has 0 atom stereocenters. The maximum atomic E-state index is 13.0. The first-order chi connectivity index (χ1) is 12.9. The second kappa shape index (κ2) is 8.87. The van der Waals surface area contributed by atoms with Crippen molar-refractivity contribution in [2.24, 2.45) is 0 Å². The minimum Gasteiger partial charge on any atom is -0.308 e. The number of amides is 1. The Kier molecular flexibility index (Phi) is 6.52. The van der Waals surface area contributed by atoms with Crippen molar-refractivity contribution in [1.29, 1.82) is 0 Å². The average Bonchev–Trinajstić information content (AvgIpc) is 3.03. The normalized spacial score (nSPS) is 11.3. The number of hydrogen-bond acceptors (Lipinski definition) is 5. The summed E-state index contributed by atoms with van der Waals surface area (Å²) in [4.78, 5) is 22.8. The smallest absolute Gasteiger partial charge is 0.239 e. The molecule has 0 radical (unpaired) electrons. The van der Waals surface area contributed by atoms with Crippen LogP contribution in [0.3, 0.4) is 0 Å². The molecular weight excluding hydrogens is 374 g/mol. The molecule has 27 heavy (non-hydrogen) atoms. The van der Waals surface area contributed by atoms with E-state index in [0.717, 1.165) is 26.8 Å². The van der Waals surface area contributed by atoms with E-state index in [1.54, 1.807) is 23.1 Å². The Balaban J connectivity index is 1.82. The van der Waals surface area contributed by atoms with Gasteiger partial charge in [-0.2, -0.15) is 0 Å². The van der Waals surface area contributed by atoms with Crippen molar-refractivity contribution in [1.82, 2.24) is 9.88 Å². The van der Waals surface area contributed by atoms with Gasteiger partial charge in [-0.3, -0.25) is 9.69 Å². The van der Waals surface area contributed by atoms with Crippen molar-refractivity contribution in [3.8, 4) is 0 Å². The Morgan fingerprint density at radius 3 is 2.48 bits per heavy atom. The van der Waals surface area contributed by atoms with Crippen LogP contribution in [0.1, 0.15) is 11.1 Å². The van der Waals surface area contributed by atoms with E-state index in [4.69, 9.17) is 4.98 Å². The standard InChI is InChI=1S/C21H25N3OS2/c1-15-12-18-19(13-16(15)2)27-21(22-18)24(11-10-23(3)4)20(25)14-26-17-8-6-5-7-9-17/h5-9,12-13H,10-11,14H2,1-4H3. The number of thioether (sulfide) groups is 1. The third kappa shape index (κ3) is 5.09. The summed E-state index contributed by atoms with van der Waals surface area (Å²) in [7, 11) is 4.04. The van der Waals surface area contributed by atoms with Gasteiger partial charge < -0.3 is 4.90 Å². The van der Waals surface area contributed by atoms with E-state index in [-0.39, 0.29) is 5.91 Å². The zero-order chi connectivity index (χ0) is 19.4. The largest absolute Gasteiger partial charge is 0.308 e. The fraction of sp³-hybridized carbons (Fsp3) is 0.333. The number of anilines is 1. The van der Waals surface area contributed by atoms with E-state index in [1.165, 1.54) is 11.1 Å². The monoisotopic (exact) mass is 399 g/mol. The SMILES string of the molecule is Cc1cc2nc(N(CCN(C)C)C(=O)CSc3ccccc3)sc2cc1C. The maximum Gasteiger partial charge on any atom is 0.239 e. The average molecular weight is 400 g/mol. The predicted octanol–water partition coefficient (Wildman–Crippen LogP) is 4.60. The van der Waals surface area contributed by atoms with Gasteiger partial charge in [-0.05, 0) is 63.3 Å². The fourth-order valence-electron chi connectivity index (χ4n) is 2.65. The lowest BCUT2D eigenvalue weighted by atomic mass is 10.1. The highest BCUT2D eigenvalue weighted by atomic mass is 32.2. The van der Waals surface area contributed by atoms with Crippen LogP contribution in [0.2, 0.25) is 0 Å². The highest BCUT2D eigenvalue weighted by molar-refractivity contribution is 8.00. The third-order valence-electron chi connectivity index (χ3n) is 4.40. The van der Waals surface area contributed by atoms with Crippen LogP contribution < -0.4 is 4.90 Å². The van der Waals surface area contributed by atoms with Crippen LogP contribution in [0, 0.1) is 13.8 Å². The fourth-order valence-corrected chi connectivity index (χ4v) is 4.53. The Morgan fingerprint density at radius 1 is 1.07 bits per heavy atom. The first kappa shape index (κ1) is 19.9. The molecule has 0 fully saturated rings. The summed E-state index contributed by atoms with van der Waals surface area (Å²) in [6.07, 6.45) is 0. The first-order valence-electron chi connectivity index (χ1n) is 8.95. The third-order valence-corrected chi connectivity index (χ3v) is 6.44. The number of rotatable bonds is 7. The second-order valence-electron chi connectivity index (χ2n) is 6.85. The summed E-state index contributed by atoms with van der Waals surface area (Å²) in [6.45, 7) is 5.65. The summed E-state index contributed by atoms with van der Waals surface area (Å²) in [5, 5.41) is 0.788. The molecule has 0 N–H and O–H groups in total. The van der Waals surface area contributed by atoms with Gasteiger partial charge in [0.15, 0.2) is 5.13 Å². The molecule has 0 unspecified atom stereocenters. The van der Waals surface area contributed by atoms with Crippen molar-refractivity contribution in [3.05, 3.63) is 53.6 Å². The lowest BCUT2D eigenvalue weighted by molar-refractivity contribution is -0.116. The second-order valence-corrected chi connectivity index (χ2v) is 8.91. The van der Waals surface area contributed by atoms with Gasteiger partial charge in [0.1, 0.15) is 0 Å². The molecule has 0 saturated carbocycles. The van der Waals surface area contributed by atoms with Crippen molar-refractivity contribution in [2.75, 3.05) is 37.8 Å². The number of thiazole rings is 1. The number of benzene rings is 2. The number of nitrogens with zero attached hydrogens (tertiary/aromatic N) is 3. The lowest BCUT2D eigenvalue weighted by Gasteiger charge is -2.21. The summed E-state index contributed by atoms with van der Waals surface area (Å²) in [5.41, 5.74) is 3.45. The molecule has 0 saturated heterocycles. The summed E-state index contributed by atoms with van der Waals surface area (Å²) in [6, 6.07) is 14.3. The van der Waals surface area contributed by atoms with Gasteiger partial charge in [0, 0.05) is 18.0 Å². The number of likely N-dealkylation sites (N-methyl/N-ethyl adjacent to an activating group) is 1. The molecule has 0 aliphatic rings. The molecule has 1 aromatic heterocycles. The highest BCUT2D eigenvalue weighted by Gasteiger charge is 2.20. The molecule has 0 bridgehead atoms. The maximum absolute atomic E-state index is 13.0. The Labute approximate surface area is 169 Å². The van der Waals surface area contributed by atoms with Crippen LogP contribution in [0.5, 0.6) is 0 Å². The van der Waals surface area contributed by atoms with E-state index >= 15 is 0 Å². The Morgan fingerprint density at radius 2 is 1.78 bits per heavy atom. The first-order valence-corrected chi connectivity index (χ1v) is 10.7. The number of aryl methyl sites for hydroxylation is 2. The van der Waals surface area contributed by atoms with E-state index < -0.39 is 0 Å². The minimum absolute atomic E-state index is 0.0956. The molecular formula is C21H25N3OS2. The van der Waals surface area contributed by atoms with Crippen molar-refractivity contribution < 1.29 is 4.79 Å². The number of hydrogen-bond donors (Lipinski definition) is 0. The molecule has 1 heterocycles. The van der Waals surface area contributed by atoms with Gasteiger partial charge in [0.25, 0.3) is 0 Å². The summed E-state index contributed by atoms with van der Waals surface area (Å²) >= 11 is 3.17. The zero-order valence-corrected chi connectivity index (χ0v) is 17.9. The van der Waals surface area contributed by atoms with Crippen LogP contribution in [0.25, 0.3) is 10.2 Å². The van der Waals surface area contributed by atoms with Gasteiger partial charge >= 0.3 is 0 Å². The molecule has 1 amide bonds. The molecule has 3 rings (SSSR count). The molecule has 0 aliphatic heterocycles. The van der Waals surface area contributed by atoms with Crippen LogP contribution in [0.15, 0.2) is 47.4 Å². The molecule has 2 aromatic carbocycles.